The number of nitrogens with one attached hydrogen (secondary N) is 1. The Hall–Kier alpha value is -2.54. The number of hydrogen-bond donors (Lipinski definition) is 2. The predicted octanol–water partition coefficient (Wildman–Crippen LogP) is 4.42. The summed E-state index contributed by atoms with van der Waals surface area (Å²) in [6.45, 7) is 7.22. The third kappa shape index (κ3) is 4.80. The van der Waals surface area contributed by atoms with Gasteiger partial charge < -0.3 is 15.8 Å². The molecular formula is C20H26F2N4O. The van der Waals surface area contributed by atoms with Crippen molar-refractivity contribution in [2.24, 2.45) is 15.7 Å². The fourth-order valence-corrected chi connectivity index (χ4v) is 2.63. The summed E-state index contributed by atoms with van der Waals surface area (Å²) >= 11 is 0. The van der Waals surface area contributed by atoms with Crippen molar-refractivity contribution >= 4 is 17.7 Å². The number of benzene rings is 1. The van der Waals surface area contributed by atoms with Crippen molar-refractivity contribution in [3.05, 3.63) is 53.1 Å². The van der Waals surface area contributed by atoms with Crippen molar-refractivity contribution in [1.82, 2.24) is 0 Å². The van der Waals surface area contributed by atoms with E-state index in [0.29, 0.717) is 11.5 Å². The van der Waals surface area contributed by atoms with Crippen LogP contribution in [-0.4, -0.2) is 25.0 Å². The van der Waals surface area contributed by atoms with Crippen LogP contribution in [0.4, 0.5) is 14.5 Å². The van der Waals surface area contributed by atoms with E-state index in [1.165, 1.54) is 19.1 Å². The Balaban J connectivity index is 2.43. The van der Waals surface area contributed by atoms with Gasteiger partial charge in [0, 0.05) is 17.5 Å². The average molecular weight is 376 g/mol. The maximum Gasteiger partial charge on any atom is 0.228 e. The Kier molecular flexibility index (Phi) is 6.85. The Bertz CT molecular complexity index is 801. The number of ether oxygens (including phenoxy) is 1. The first-order chi connectivity index (χ1) is 12.8. The van der Waals surface area contributed by atoms with Crippen molar-refractivity contribution < 1.29 is 13.5 Å². The molecule has 0 fully saturated rings. The minimum absolute atomic E-state index is 0.0635. The zero-order valence-corrected chi connectivity index (χ0v) is 16.1. The molecule has 3 N–H and O–H groups in total. The molecule has 0 radical (unpaired) electrons. The lowest BCUT2D eigenvalue weighted by atomic mass is 9.90. The molecule has 0 aliphatic carbocycles. The fraction of sp³-hybridized carbons (Fsp3) is 0.400. The second-order valence-corrected chi connectivity index (χ2v) is 6.48. The second kappa shape index (κ2) is 8.90. The van der Waals surface area contributed by atoms with E-state index in [-0.39, 0.29) is 18.0 Å². The maximum absolute atomic E-state index is 14.5. The zero-order chi connectivity index (χ0) is 20.0. The van der Waals surface area contributed by atoms with Crippen LogP contribution in [0.1, 0.15) is 39.7 Å². The standard InChI is InChI=1S/C20H26F2N4O/c1-5-7-10-24-18(13(3)6-2)25-14-8-9-16(21)15(11-14)20(4)19(22)27-12-17(23)26-20/h5,7-11,19,25H,6,12H2,1-4H3,(H2,23,26)/b7-5-,18-13-,24-10-. The number of alkyl halides is 1. The molecule has 1 aromatic rings. The van der Waals surface area contributed by atoms with Gasteiger partial charge in [-0.25, -0.2) is 13.8 Å². The number of rotatable bonds is 6. The van der Waals surface area contributed by atoms with Crippen LogP contribution in [0.5, 0.6) is 0 Å². The molecule has 2 unspecified atom stereocenters. The molecule has 1 aliphatic heterocycles. The van der Waals surface area contributed by atoms with E-state index in [1.807, 2.05) is 32.9 Å². The highest BCUT2D eigenvalue weighted by molar-refractivity contribution is 5.82. The highest BCUT2D eigenvalue weighted by Crippen LogP contribution is 2.37. The van der Waals surface area contributed by atoms with Crippen molar-refractivity contribution in [2.45, 2.75) is 46.0 Å². The van der Waals surface area contributed by atoms with Crippen LogP contribution in [0, 0.1) is 5.82 Å². The predicted molar refractivity (Wildman–Crippen MR) is 106 cm³/mol. The molecule has 27 heavy (non-hydrogen) atoms. The van der Waals surface area contributed by atoms with Crippen molar-refractivity contribution in [3.63, 3.8) is 0 Å². The van der Waals surface area contributed by atoms with Gasteiger partial charge in [0.25, 0.3) is 0 Å². The van der Waals surface area contributed by atoms with Gasteiger partial charge in [0.1, 0.15) is 29.6 Å². The van der Waals surface area contributed by atoms with Gasteiger partial charge >= 0.3 is 0 Å². The van der Waals surface area contributed by atoms with Gasteiger partial charge in [0.05, 0.1) is 0 Å². The normalized spacial score (nSPS) is 24.2. The van der Waals surface area contributed by atoms with E-state index in [9.17, 15) is 8.78 Å². The van der Waals surface area contributed by atoms with E-state index in [1.54, 1.807) is 12.3 Å². The molecule has 7 heteroatoms. The largest absolute Gasteiger partial charge is 0.385 e. The Morgan fingerprint density at radius 2 is 2.26 bits per heavy atom. The quantitative estimate of drug-likeness (QED) is 0.722. The first-order valence-electron chi connectivity index (χ1n) is 8.83. The van der Waals surface area contributed by atoms with E-state index in [2.05, 4.69) is 15.3 Å². The van der Waals surface area contributed by atoms with Gasteiger partial charge in [-0.2, -0.15) is 0 Å². The number of nitrogens with two attached hydrogens (primary N) is 1. The summed E-state index contributed by atoms with van der Waals surface area (Å²) in [4.78, 5) is 8.54. The lowest BCUT2D eigenvalue weighted by Crippen LogP contribution is -2.43. The van der Waals surface area contributed by atoms with Crippen LogP contribution < -0.4 is 11.1 Å². The van der Waals surface area contributed by atoms with Crippen LogP contribution >= 0.6 is 0 Å². The zero-order valence-electron chi connectivity index (χ0n) is 16.1. The average Bonchev–Trinajstić information content (AvgIpc) is 2.65. The van der Waals surface area contributed by atoms with Crippen LogP contribution in [0.15, 0.2) is 51.7 Å². The van der Waals surface area contributed by atoms with Gasteiger partial charge in [-0.3, -0.25) is 4.99 Å². The summed E-state index contributed by atoms with van der Waals surface area (Å²) in [7, 11) is 0. The number of nitrogens with zero attached hydrogens (tertiary/aromatic N) is 2. The van der Waals surface area contributed by atoms with Gasteiger partial charge in [-0.15, -0.1) is 0 Å². The molecule has 2 atom stereocenters. The molecule has 1 aromatic carbocycles. The Morgan fingerprint density at radius 3 is 2.93 bits per heavy atom. The van der Waals surface area contributed by atoms with Crippen LogP contribution in [0.3, 0.4) is 0 Å². The lowest BCUT2D eigenvalue weighted by molar-refractivity contribution is -0.0805. The van der Waals surface area contributed by atoms with Crippen LogP contribution in [0.25, 0.3) is 0 Å². The molecule has 1 heterocycles. The summed E-state index contributed by atoms with van der Waals surface area (Å²) in [5.74, 6) is 0.198. The van der Waals surface area contributed by atoms with Crippen molar-refractivity contribution in [3.8, 4) is 0 Å². The van der Waals surface area contributed by atoms with Gasteiger partial charge in [0.15, 0.2) is 0 Å². The first-order valence-corrected chi connectivity index (χ1v) is 8.83. The number of aliphatic imine (C=N–C) groups is 2. The highest BCUT2D eigenvalue weighted by atomic mass is 19.1. The lowest BCUT2D eigenvalue weighted by Gasteiger charge is -2.33. The van der Waals surface area contributed by atoms with Gasteiger partial charge in [-0.1, -0.05) is 13.0 Å². The molecule has 0 amide bonds. The third-order valence-corrected chi connectivity index (χ3v) is 4.39. The number of halogens is 2. The maximum atomic E-state index is 14.5. The monoisotopic (exact) mass is 376 g/mol. The topological polar surface area (TPSA) is 72.0 Å². The van der Waals surface area contributed by atoms with E-state index >= 15 is 0 Å². The van der Waals surface area contributed by atoms with E-state index in [0.717, 1.165) is 12.0 Å². The minimum Gasteiger partial charge on any atom is -0.385 e. The van der Waals surface area contributed by atoms with E-state index < -0.39 is 17.7 Å². The Labute approximate surface area is 158 Å². The molecule has 1 aliphatic rings. The SMILES string of the molecule is C\C=C/C=N\C(Nc1ccc(F)c(C2(C)N=C(N)COC2F)c1)=C(/C)CC. The number of allylic oxidation sites excluding steroid dienone is 3. The van der Waals surface area contributed by atoms with Crippen molar-refractivity contribution in [2.75, 3.05) is 11.9 Å². The smallest absolute Gasteiger partial charge is 0.228 e. The highest BCUT2D eigenvalue weighted by Gasteiger charge is 2.42. The number of amidine groups is 1. The van der Waals surface area contributed by atoms with Gasteiger partial charge in [-0.05, 0) is 57.0 Å². The Morgan fingerprint density at radius 1 is 1.52 bits per heavy atom. The van der Waals surface area contributed by atoms with Crippen molar-refractivity contribution in [1.29, 1.82) is 0 Å². The molecule has 146 valence electrons. The summed E-state index contributed by atoms with van der Waals surface area (Å²) < 4.78 is 33.9. The summed E-state index contributed by atoms with van der Waals surface area (Å²) in [6.07, 6.45) is 4.35. The summed E-state index contributed by atoms with van der Waals surface area (Å²) in [5, 5.41) is 3.18. The fourth-order valence-electron chi connectivity index (χ4n) is 2.63. The number of hydrogen-bond acceptors (Lipinski definition) is 5. The van der Waals surface area contributed by atoms with Gasteiger partial charge in [0.2, 0.25) is 6.36 Å². The van der Waals surface area contributed by atoms with Crippen LogP contribution in [-0.2, 0) is 10.3 Å². The molecule has 0 aromatic heterocycles. The molecule has 5 nitrogen and oxygen atoms in total. The molecule has 2 rings (SSSR count). The molecular weight excluding hydrogens is 350 g/mol. The number of anilines is 1. The molecule has 0 spiro atoms. The first kappa shape index (κ1) is 20.8. The minimum atomic E-state index is -1.80. The molecule has 0 bridgehead atoms. The third-order valence-electron chi connectivity index (χ3n) is 4.39. The molecule has 0 saturated heterocycles. The van der Waals surface area contributed by atoms with E-state index in [4.69, 9.17) is 10.5 Å². The van der Waals surface area contributed by atoms with Crippen LogP contribution in [0.2, 0.25) is 0 Å². The molecule has 0 saturated carbocycles. The second-order valence-electron chi connectivity index (χ2n) is 6.48. The summed E-state index contributed by atoms with van der Waals surface area (Å²) in [5.41, 5.74) is 5.80. The summed E-state index contributed by atoms with van der Waals surface area (Å²) in [6, 6.07) is 4.35.